The molecule has 6 heteroatoms. The first-order valence-electron chi connectivity index (χ1n) is 6.99. The maximum atomic E-state index is 12.0. The number of nitrogens with one attached hydrogen (secondary N) is 1. The normalized spacial score (nSPS) is 11.2. The number of amides is 1. The molecule has 1 aromatic carbocycles. The highest BCUT2D eigenvalue weighted by molar-refractivity contribution is 5.95. The predicted octanol–water partition coefficient (Wildman–Crippen LogP) is 2.96. The molecule has 0 heterocycles. The third-order valence-electron chi connectivity index (χ3n) is 3.65. The fourth-order valence-corrected chi connectivity index (χ4v) is 2.37. The molecule has 1 aromatic rings. The number of carbonyl (C=O) groups excluding carboxylic acids is 1. The van der Waals surface area contributed by atoms with E-state index in [9.17, 15) is 20.0 Å². The minimum absolute atomic E-state index is 0.212. The number of rotatable bonds is 6. The van der Waals surface area contributed by atoms with Gasteiger partial charge in [0.25, 0.3) is 5.91 Å². The molecule has 0 aliphatic carbocycles. The van der Waals surface area contributed by atoms with Crippen LogP contribution in [0.3, 0.4) is 0 Å². The second kappa shape index (κ2) is 7.06. The highest BCUT2D eigenvalue weighted by Crippen LogP contribution is 2.26. The van der Waals surface area contributed by atoms with E-state index in [-0.39, 0.29) is 11.5 Å². The zero-order valence-corrected chi connectivity index (χ0v) is 12.8. The number of phenols is 1. The van der Waals surface area contributed by atoms with Crippen LogP contribution in [0.4, 0.5) is 5.69 Å². The van der Waals surface area contributed by atoms with Gasteiger partial charge in [0, 0.05) is 18.2 Å². The Hall–Kier alpha value is -2.11. The van der Waals surface area contributed by atoms with E-state index < -0.39 is 16.4 Å². The third kappa shape index (κ3) is 4.44. The number of nitro groups is 1. The summed E-state index contributed by atoms with van der Waals surface area (Å²) in [5.41, 5.74) is -0.196. The lowest BCUT2D eigenvalue weighted by Gasteiger charge is -2.25. The number of nitrogens with zero attached hydrogens (tertiary/aromatic N) is 1. The predicted molar refractivity (Wildman–Crippen MR) is 80.3 cm³/mol. The van der Waals surface area contributed by atoms with E-state index in [0.717, 1.165) is 12.1 Å². The summed E-state index contributed by atoms with van der Waals surface area (Å²) in [5, 5.41) is 23.0. The van der Waals surface area contributed by atoms with E-state index >= 15 is 0 Å². The van der Waals surface area contributed by atoms with Crippen LogP contribution in [0.15, 0.2) is 18.2 Å². The molecule has 0 saturated carbocycles. The summed E-state index contributed by atoms with van der Waals surface area (Å²) in [6.45, 7) is 8.96. The minimum atomic E-state index is -0.690. The highest BCUT2D eigenvalue weighted by atomic mass is 16.6. The van der Waals surface area contributed by atoms with Crippen LogP contribution in [-0.4, -0.2) is 22.5 Å². The Kier molecular flexibility index (Phi) is 5.69. The molecule has 0 saturated heterocycles. The van der Waals surface area contributed by atoms with Crippen molar-refractivity contribution in [3.8, 4) is 5.75 Å². The summed E-state index contributed by atoms with van der Waals surface area (Å²) in [5.74, 6) is 0.384. The molecule has 1 amide bonds. The Bertz CT molecular complexity index is 518. The molecule has 0 fully saturated rings. The molecule has 0 bridgehead atoms. The van der Waals surface area contributed by atoms with Crippen molar-refractivity contribution in [2.24, 2.45) is 17.8 Å². The number of hydrogen-bond donors (Lipinski definition) is 2. The quantitative estimate of drug-likeness (QED) is 0.623. The summed E-state index contributed by atoms with van der Waals surface area (Å²) in [6.07, 6.45) is 0. The zero-order chi connectivity index (χ0) is 16.2. The Morgan fingerprint density at radius 2 is 1.86 bits per heavy atom. The van der Waals surface area contributed by atoms with Gasteiger partial charge in [-0.2, -0.15) is 0 Å². The second-order valence-electron chi connectivity index (χ2n) is 5.82. The van der Waals surface area contributed by atoms with Crippen molar-refractivity contribution >= 4 is 11.6 Å². The summed E-state index contributed by atoms with van der Waals surface area (Å²) in [7, 11) is 0. The first-order valence-corrected chi connectivity index (χ1v) is 6.99. The number of benzene rings is 1. The average Bonchev–Trinajstić information content (AvgIpc) is 2.37. The lowest BCUT2D eigenvalue weighted by molar-refractivity contribution is -0.385. The van der Waals surface area contributed by atoms with Gasteiger partial charge < -0.3 is 10.4 Å². The van der Waals surface area contributed by atoms with Gasteiger partial charge in [0.05, 0.1) is 4.92 Å². The van der Waals surface area contributed by atoms with E-state index in [4.69, 9.17) is 0 Å². The van der Waals surface area contributed by atoms with Gasteiger partial charge in [-0.3, -0.25) is 14.9 Å². The fourth-order valence-electron chi connectivity index (χ4n) is 2.37. The summed E-state index contributed by atoms with van der Waals surface area (Å²) >= 11 is 0. The molecular weight excluding hydrogens is 272 g/mol. The molecule has 0 aliphatic rings. The van der Waals surface area contributed by atoms with Crippen molar-refractivity contribution in [1.82, 2.24) is 5.32 Å². The molecule has 0 atom stereocenters. The first-order chi connectivity index (χ1) is 9.73. The van der Waals surface area contributed by atoms with Crippen molar-refractivity contribution in [2.45, 2.75) is 27.7 Å². The van der Waals surface area contributed by atoms with Crippen molar-refractivity contribution in [1.29, 1.82) is 0 Å². The molecule has 1 rings (SSSR count). The van der Waals surface area contributed by atoms with Gasteiger partial charge in [-0.25, -0.2) is 0 Å². The summed E-state index contributed by atoms with van der Waals surface area (Å²) in [6, 6.07) is 3.59. The van der Waals surface area contributed by atoms with Gasteiger partial charge in [-0.1, -0.05) is 27.7 Å². The molecule has 0 radical (unpaired) electrons. The van der Waals surface area contributed by atoms with Crippen LogP contribution >= 0.6 is 0 Å². The van der Waals surface area contributed by atoms with Crippen LogP contribution in [0.1, 0.15) is 38.1 Å². The number of phenolic OH excluding ortho intramolecular Hbond substituents is 1. The maximum absolute atomic E-state index is 12.0. The van der Waals surface area contributed by atoms with Crippen molar-refractivity contribution in [3.05, 3.63) is 33.9 Å². The molecule has 116 valence electrons. The van der Waals surface area contributed by atoms with Crippen LogP contribution in [0.2, 0.25) is 0 Å². The van der Waals surface area contributed by atoms with Crippen LogP contribution in [-0.2, 0) is 0 Å². The number of carbonyl (C=O) groups is 1. The fraction of sp³-hybridized carbons (Fsp3) is 0.533. The Balaban J connectivity index is 2.76. The Morgan fingerprint density at radius 3 is 2.29 bits per heavy atom. The van der Waals surface area contributed by atoms with Crippen molar-refractivity contribution in [2.75, 3.05) is 6.54 Å². The number of aromatic hydroxyl groups is 1. The average molecular weight is 294 g/mol. The van der Waals surface area contributed by atoms with E-state index in [1.54, 1.807) is 0 Å². The molecule has 6 nitrogen and oxygen atoms in total. The van der Waals surface area contributed by atoms with Crippen LogP contribution in [0.5, 0.6) is 5.75 Å². The van der Waals surface area contributed by atoms with Crippen molar-refractivity contribution < 1.29 is 14.8 Å². The summed E-state index contributed by atoms with van der Waals surface area (Å²) < 4.78 is 0. The smallest absolute Gasteiger partial charge is 0.310 e. The topological polar surface area (TPSA) is 92.5 Å². The standard InChI is InChI=1S/C15H22N2O4/c1-9(2)12(10(3)4)8-16-15(19)11-5-6-13(17(20)21)14(18)7-11/h5-7,9-10,12,18H,8H2,1-4H3,(H,16,19). The lowest BCUT2D eigenvalue weighted by Crippen LogP contribution is -2.33. The molecule has 0 unspecified atom stereocenters. The van der Waals surface area contributed by atoms with Gasteiger partial charge in [-0.15, -0.1) is 0 Å². The largest absolute Gasteiger partial charge is 0.502 e. The van der Waals surface area contributed by atoms with Gasteiger partial charge in [0.2, 0.25) is 0 Å². The molecular formula is C15H22N2O4. The van der Waals surface area contributed by atoms with Crippen molar-refractivity contribution in [3.63, 3.8) is 0 Å². The van der Waals surface area contributed by atoms with Gasteiger partial charge in [-0.05, 0) is 29.9 Å². The minimum Gasteiger partial charge on any atom is -0.502 e. The van der Waals surface area contributed by atoms with Gasteiger partial charge in [0.15, 0.2) is 5.75 Å². The number of nitro benzene ring substituents is 1. The molecule has 0 aliphatic heterocycles. The van der Waals surface area contributed by atoms with Crippen LogP contribution in [0, 0.1) is 27.9 Å². The molecule has 0 aromatic heterocycles. The van der Waals surface area contributed by atoms with Crippen LogP contribution < -0.4 is 5.32 Å². The van der Waals surface area contributed by atoms with Crippen LogP contribution in [0.25, 0.3) is 0 Å². The monoisotopic (exact) mass is 294 g/mol. The lowest BCUT2D eigenvalue weighted by atomic mass is 9.85. The highest BCUT2D eigenvalue weighted by Gasteiger charge is 2.20. The van der Waals surface area contributed by atoms with Gasteiger partial charge in [0.1, 0.15) is 0 Å². The number of hydrogen-bond acceptors (Lipinski definition) is 4. The second-order valence-corrected chi connectivity index (χ2v) is 5.82. The molecule has 0 spiro atoms. The molecule has 21 heavy (non-hydrogen) atoms. The van der Waals surface area contributed by atoms with E-state index in [1.165, 1.54) is 6.07 Å². The van der Waals surface area contributed by atoms with E-state index in [0.29, 0.717) is 24.3 Å². The Morgan fingerprint density at radius 1 is 1.29 bits per heavy atom. The summed E-state index contributed by atoms with van der Waals surface area (Å²) in [4.78, 5) is 22.0. The van der Waals surface area contributed by atoms with E-state index in [1.807, 2.05) is 0 Å². The zero-order valence-electron chi connectivity index (χ0n) is 12.8. The Labute approximate surface area is 124 Å². The van der Waals surface area contributed by atoms with Gasteiger partial charge >= 0.3 is 5.69 Å². The molecule has 2 N–H and O–H groups in total. The maximum Gasteiger partial charge on any atom is 0.310 e. The third-order valence-corrected chi connectivity index (χ3v) is 3.65. The van der Waals surface area contributed by atoms with E-state index in [2.05, 4.69) is 33.0 Å². The SMILES string of the molecule is CC(C)C(CNC(=O)c1ccc([N+](=O)[O-])c(O)c1)C(C)C. The first kappa shape index (κ1) is 16.9.